The molecule has 0 saturated heterocycles. The van der Waals surface area contributed by atoms with E-state index in [1.54, 1.807) is 0 Å². The molecule has 0 spiro atoms. The minimum atomic E-state index is 0.652. The molecule has 1 heterocycles. The molecule has 1 aromatic heterocycles. The number of hydrogen-bond donors (Lipinski definition) is 1. The lowest BCUT2D eigenvalue weighted by Gasteiger charge is -2.18. The summed E-state index contributed by atoms with van der Waals surface area (Å²) < 4.78 is 5.47. The molecule has 25 heavy (non-hydrogen) atoms. The number of hydrogen-bond acceptors (Lipinski definition) is 5. The van der Waals surface area contributed by atoms with Crippen LogP contribution in [-0.4, -0.2) is 23.6 Å². The van der Waals surface area contributed by atoms with Crippen molar-refractivity contribution in [2.45, 2.75) is 13.8 Å². The number of para-hydroxylation sites is 1. The van der Waals surface area contributed by atoms with Gasteiger partial charge in [-0.3, -0.25) is 0 Å². The van der Waals surface area contributed by atoms with E-state index in [1.807, 2.05) is 86.5 Å². The van der Waals surface area contributed by atoms with Gasteiger partial charge in [-0.15, -0.1) is 0 Å². The Morgan fingerprint density at radius 3 is 2.40 bits per heavy atom. The Bertz CT molecular complexity index is 819. The summed E-state index contributed by atoms with van der Waals surface area (Å²) in [5.74, 6) is 2.27. The first kappa shape index (κ1) is 16.8. The highest BCUT2D eigenvalue weighted by Gasteiger charge is 2.09. The fourth-order valence-electron chi connectivity index (χ4n) is 2.48. The number of ether oxygens (including phenoxy) is 1. The van der Waals surface area contributed by atoms with Gasteiger partial charge in [0.2, 0.25) is 5.95 Å². The van der Waals surface area contributed by atoms with Crippen molar-refractivity contribution in [3.05, 3.63) is 66.4 Å². The Hall–Kier alpha value is -3.08. The highest BCUT2D eigenvalue weighted by atomic mass is 16.5. The van der Waals surface area contributed by atoms with Crippen LogP contribution in [0.3, 0.4) is 0 Å². The zero-order valence-electron chi connectivity index (χ0n) is 14.7. The molecule has 0 unspecified atom stereocenters. The van der Waals surface area contributed by atoms with Crippen molar-refractivity contribution >= 4 is 23.1 Å². The van der Waals surface area contributed by atoms with Crippen LogP contribution in [0.5, 0.6) is 5.75 Å². The van der Waals surface area contributed by atoms with E-state index in [4.69, 9.17) is 4.74 Å². The lowest BCUT2D eigenvalue weighted by Crippen LogP contribution is -2.14. The summed E-state index contributed by atoms with van der Waals surface area (Å²) in [7, 11) is 1.96. The minimum absolute atomic E-state index is 0.652. The number of anilines is 4. The normalized spacial score (nSPS) is 10.4. The van der Waals surface area contributed by atoms with Crippen LogP contribution in [0, 0.1) is 6.92 Å². The second-order valence-corrected chi connectivity index (χ2v) is 5.67. The van der Waals surface area contributed by atoms with E-state index in [9.17, 15) is 0 Å². The molecule has 0 atom stereocenters. The first-order valence-corrected chi connectivity index (χ1v) is 8.30. The molecule has 3 rings (SSSR count). The number of nitrogens with one attached hydrogen (secondary N) is 1. The van der Waals surface area contributed by atoms with Crippen molar-refractivity contribution < 1.29 is 4.74 Å². The molecule has 2 aromatic carbocycles. The Kier molecular flexibility index (Phi) is 5.14. The van der Waals surface area contributed by atoms with E-state index in [2.05, 4.69) is 15.3 Å². The van der Waals surface area contributed by atoms with Gasteiger partial charge in [-0.05, 0) is 50.2 Å². The summed E-state index contributed by atoms with van der Waals surface area (Å²) in [5, 5.41) is 3.33. The standard InChI is InChI=1S/C20H22N4O/c1-4-25-18-12-10-16(11-13-18)22-19-14-15(2)21-20(23-19)24(3)17-8-6-5-7-9-17/h5-14H,4H2,1-3H3,(H,21,22,23). The van der Waals surface area contributed by atoms with Crippen molar-refractivity contribution in [3.8, 4) is 5.75 Å². The molecule has 0 radical (unpaired) electrons. The van der Waals surface area contributed by atoms with Crippen LogP contribution in [0.2, 0.25) is 0 Å². The Balaban J connectivity index is 1.81. The highest BCUT2D eigenvalue weighted by molar-refractivity contribution is 5.61. The third-order valence-electron chi connectivity index (χ3n) is 3.72. The van der Waals surface area contributed by atoms with Crippen LogP contribution >= 0.6 is 0 Å². The summed E-state index contributed by atoms with van der Waals surface area (Å²) in [6.07, 6.45) is 0. The predicted molar refractivity (Wildman–Crippen MR) is 102 cm³/mol. The number of benzene rings is 2. The topological polar surface area (TPSA) is 50.3 Å². The second-order valence-electron chi connectivity index (χ2n) is 5.67. The molecule has 0 aliphatic heterocycles. The monoisotopic (exact) mass is 334 g/mol. The summed E-state index contributed by atoms with van der Waals surface area (Å²) in [6, 6.07) is 19.8. The van der Waals surface area contributed by atoms with E-state index < -0.39 is 0 Å². The Morgan fingerprint density at radius 2 is 1.72 bits per heavy atom. The van der Waals surface area contributed by atoms with Crippen LogP contribution < -0.4 is 15.0 Å². The number of aromatic nitrogens is 2. The summed E-state index contributed by atoms with van der Waals surface area (Å²) >= 11 is 0. The molecule has 128 valence electrons. The van der Waals surface area contributed by atoms with Gasteiger partial charge < -0.3 is 15.0 Å². The van der Waals surface area contributed by atoms with Gasteiger partial charge in [0.05, 0.1) is 6.61 Å². The lowest BCUT2D eigenvalue weighted by atomic mass is 10.3. The molecular formula is C20H22N4O. The predicted octanol–water partition coefficient (Wildman–Crippen LogP) is 4.70. The maximum atomic E-state index is 5.47. The fraction of sp³-hybridized carbons (Fsp3) is 0.200. The smallest absolute Gasteiger partial charge is 0.231 e. The molecule has 5 nitrogen and oxygen atoms in total. The van der Waals surface area contributed by atoms with Gasteiger partial charge in [0.15, 0.2) is 0 Å². The van der Waals surface area contributed by atoms with Crippen LogP contribution in [0.25, 0.3) is 0 Å². The van der Waals surface area contributed by atoms with Gasteiger partial charge in [-0.1, -0.05) is 18.2 Å². The van der Waals surface area contributed by atoms with E-state index in [1.165, 1.54) is 0 Å². The lowest BCUT2D eigenvalue weighted by molar-refractivity contribution is 0.340. The average Bonchev–Trinajstić information content (AvgIpc) is 2.63. The van der Waals surface area contributed by atoms with Crippen molar-refractivity contribution in [2.24, 2.45) is 0 Å². The molecule has 0 aliphatic rings. The third-order valence-corrected chi connectivity index (χ3v) is 3.72. The zero-order valence-corrected chi connectivity index (χ0v) is 14.7. The molecule has 0 saturated carbocycles. The van der Waals surface area contributed by atoms with Crippen LogP contribution in [-0.2, 0) is 0 Å². The van der Waals surface area contributed by atoms with Crippen LogP contribution in [0.4, 0.5) is 23.1 Å². The maximum absolute atomic E-state index is 5.47. The molecule has 1 N–H and O–H groups in total. The quantitative estimate of drug-likeness (QED) is 0.708. The highest BCUT2D eigenvalue weighted by Crippen LogP contribution is 2.24. The van der Waals surface area contributed by atoms with Gasteiger partial charge in [-0.25, -0.2) is 4.98 Å². The molecule has 5 heteroatoms. The Morgan fingerprint density at radius 1 is 1.00 bits per heavy atom. The molecule has 0 bridgehead atoms. The largest absolute Gasteiger partial charge is 0.494 e. The number of aryl methyl sites for hydroxylation is 1. The zero-order chi connectivity index (χ0) is 17.6. The fourth-order valence-corrected chi connectivity index (χ4v) is 2.48. The molecule has 3 aromatic rings. The van der Waals surface area contributed by atoms with Gasteiger partial charge >= 0.3 is 0 Å². The minimum Gasteiger partial charge on any atom is -0.494 e. The Labute approximate surface area is 148 Å². The van der Waals surface area contributed by atoms with Crippen molar-refractivity contribution in [2.75, 3.05) is 23.9 Å². The third kappa shape index (κ3) is 4.26. The van der Waals surface area contributed by atoms with Crippen molar-refractivity contribution in [1.29, 1.82) is 0 Å². The van der Waals surface area contributed by atoms with Crippen LogP contribution in [0.15, 0.2) is 60.7 Å². The van der Waals surface area contributed by atoms with Gasteiger partial charge in [0.1, 0.15) is 11.6 Å². The van der Waals surface area contributed by atoms with Gasteiger partial charge in [0, 0.05) is 30.2 Å². The van der Waals surface area contributed by atoms with E-state index in [-0.39, 0.29) is 0 Å². The molecule has 0 fully saturated rings. The number of rotatable bonds is 6. The van der Waals surface area contributed by atoms with Crippen LogP contribution in [0.1, 0.15) is 12.6 Å². The summed E-state index contributed by atoms with van der Waals surface area (Å²) in [5.41, 5.74) is 2.90. The summed E-state index contributed by atoms with van der Waals surface area (Å²) in [4.78, 5) is 11.2. The SMILES string of the molecule is CCOc1ccc(Nc2cc(C)nc(N(C)c3ccccc3)n2)cc1. The van der Waals surface area contributed by atoms with Gasteiger partial charge in [0.25, 0.3) is 0 Å². The first-order chi connectivity index (χ1) is 12.2. The second kappa shape index (κ2) is 7.66. The van der Waals surface area contributed by atoms with Gasteiger partial charge in [-0.2, -0.15) is 4.98 Å². The van der Waals surface area contributed by atoms with E-state index in [0.717, 1.165) is 28.6 Å². The first-order valence-electron chi connectivity index (χ1n) is 8.30. The van der Waals surface area contributed by atoms with Crippen molar-refractivity contribution in [1.82, 2.24) is 9.97 Å². The molecule has 0 amide bonds. The van der Waals surface area contributed by atoms with E-state index >= 15 is 0 Å². The summed E-state index contributed by atoms with van der Waals surface area (Å²) in [6.45, 7) is 4.60. The molecular weight excluding hydrogens is 312 g/mol. The number of nitrogens with zero attached hydrogens (tertiary/aromatic N) is 3. The van der Waals surface area contributed by atoms with E-state index in [0.29, 0.717) is 12.6 Å². The average molecular weight is 334 g/mol. The maximum Gasteiger partial charge on any atom is 0.231 e. The van der Waals surface area contributed by atoms with Crippen molar-refractivity contribution in [3.63, 3.8) is 0 Å². The molecule has 0 aliphatic carbocycles.